The highest BCUT2D eigenvalue weighted by Crippen LogP contribution is 2.14. The minimum absolute atomic E-state index is 0.736. The lowest BCUT2D eigenvalue weighted by Gasteiger charge is -2.19. The first-order chi connectivity index (χ1) is 8.13. The van der Waals surface area contributed by atoms with Gasteiger partial charge in [-0.15, -0.1) is 0 Å². The highest BCUT2D eigenvalue weighted by Gasteiger charge is 2.11. The summed E-state index contributed by atoms with van der Waals surface area (Å²) in [5.74, 6) is 0. The van der Waals surface area contributed by atoms with Gasteiger partial charge >= 0.3 is 0 Å². The van der Waals surface area contributed by atoms with Crippen molar-refractivity contribution in [2.45, 2.75) is 40.7 Å². The molecule has 0 bridgehead atoms. The van der Waals surface area contributed by atoms with Gasteiger partial charge in [-0.05, 0) is 39.3 Å². The number of aromatic nitrogens is 2. The van der Waals surface area contributed by atoms with Gasteiger partial charge in [0.1, 0.15) is 0 Å². The fraction of sp³-hybridized carbons (Fsp3) is 0.769. The van der Waals surface area contributed by atoms with E-state index in [0.29, 0.717) is 0 Å². The van der Waals surface area contributed by atoms with Gasteiger partial charge in [0.15, 0.2) is 0 Å². The zero-order valence-electron chi connectivity index (χ0n) is 11.7. The summed E-state index contributed by atoms with van der Waals surface area (Å²) < 4.78 is 2.09. The molecule has 0 spiro atoms. The lowest BCUT2D eigenvalue weighted by atomic mass is 10.1. The van der Waals surface area contributed by atoms with E-state index in [1.54, 1.807) is 0 Å². The van der Waals surface area contributed by atoms with Crippen molar-refractivity contribution in [3.8, 4) is 0 Å². The van der Waals surface area contributed by atoms with Crippen LogP contribution in [-0.2, 0) is 13.0 Å². The molecule has 0 aliphatic carbocycles. The molecule has 0 radical (unpaired) electrons. The Kier molecular flexibility index (Phi) is 5.65. The molecule has 17 heavy (non-hydrogen) atoms. The second kappa shape index (κ2) is 6.77. The highest BCUT2D eigenvalue weighted by atomic mass is 15.3. The van der Waals surface area contributed by atoms with Crippen LogP contribution in [0.4, 0.5) is 0 Å². The van der Waals surface area contributed by atoms with E-state index in [1.165, 1.54) is 17.0 Å². The molecule has 2 N–H and O–H groups in total. The van der Waals surface area contributed by atoms with Gasteiger partial charge in [0.25, 0.3) is 0 Å². The Morgan fingerprint density at radius 2 is 1.94 bits per heavy atom. The van der Waals surface area contributed by atoms with Crippen LogP contribution in [0.3, 0.4) is 0 Å². The van der Waals surface area contributed by atoms with Gasteiger partial charge in [0, 0.05) is 31.9 Å². The second-order valence-electron chi connectivity index (χ2n) is 4.44. The van der Waals surface area contributed by atoms with Crippen LogP contribution in [0.25, 0.3) is 0 Å². The van der Waals surface area contributed by atoms with Crippen LogP contribution in [0, 0.1) is 13.8 Å². The summed E-state index contributed by atoms with van der Waals surface area (Å²) >= 11 is 0. The third-order valence-electron chi connectivity index (χ3n) is 3.40. The SMILES string of the molecule is CCN(CCN)CCc1c(C)nn(CC)c1C. The zero-order valence-corrected chi connectivity index (χ0v) is 11.7. The summed E-state index contributed by atoms with van der Waals surface area (Å²) in [6.07, 6.45) is 1.07. The molecular formula is C13H26N4. The molecule has 1 heterocycles. The molecule has 0 unspecified atom stereocenters. The minimum Gasteiger partial charge on any atom is -0.329 e. The number of nitrogens with zero attached hydrogens (tertiary/aromatic N) is 3. The molecule has 0 atom stereocenters. The number of aryl methyl sites for hydroxylation is 2. The van der Waals surface area contributed by atoms with Gasteiger partial charge in [-0.3, -0.25) is 4.68 Å². The maximum Gasteiger partial charge on any atom is 0.0628 e. The van der Waals surface area contributed by atoms with Gasteiger partial charge in [-0.2, -0.15) is 5.10 Å². The molecule has 0 aromatic carbocycles. The van der Waals surface area contributed by atoms with E-state index >= 15 is 0 Å². The zero-order chi connectivity index (χ0) is 12.8. The van der Waals surface area contributed by atoms with Crippen LogP contribution < -0.4 is 5.73 Å². The molecule has 4 nitrogen and oxygen atoms in total. The van der Waals surface area contributed by atoms with E-state index < -0.39 is 0 Å². The Balaban J connectivity index is 2.65. The molecule has 0 saturated heterocycles. The third-order valence-corrected chi connectivity index (χ3v) is 3.40. The van der Waals surface area contributed by atoms with Gasteiger partial charge in [0.2, 0.25) is 0 Å². The summed E-state index contributed by atoms with van der Waals surface area (Å²) in [5, 5.41) is 4.55. The minimum atomic E-state index is 0.736. The first-order valence-corrected chi connectivity index (χ1v) is 6.59. The first-order valence-electron chi connectivity index (χ1n) is 6.59. The Morgan fingerprint density at radius 1 is 1.24 bits per heavy atom. The predicted molar refractivity (Wildman–Crippen MR) is 72.2 cm³/mol. The normalized spacial score (nSPS) is 11.4. The number of hydrogen-bond donors (Lipinski definition) is 1. The fourth-order valence-corrected chi connectivity index (χ4v) is 2.28. The van der Waals surface area contributed by atoms with Crippen molar-refractivity contribution in [2.24, 2.45) is 5.73 Å². The predicted octanol–water partition coefficient (Wildman–Crippen LogP) is 1.34. The number of rotatable bonds is 7. The van der Waals surface area contributed by atoms with E-state index in [1.807, 2.05) is 0 Å². The number of nitrogens with two attached hydrogens (primary N) is 1. The summed E-state index contributed by atoms with van der Waals surface area (Å²) in [4.78, 5) is 2.39. The molecule has 0 aliphatic heterocycles. The molecule has 1 aromatic heterocycles. The molecule has 0 saturated carbocycles. The van der Waals surface area contributed by atoms with Crippen LogP contribution >= 0.6 is 0 Å². The maximum atomic E-state index is 5.60. The molecule has 0 aliphatic rings. The van der Waals surface area contributed by atoms with E-state index in [0.717, 1.165) is 39.1 Å². The summed E-state index contributed by atoms with van der Waals surface area (Å²) in [6.45, 7) is 13.4. The van der Waals surface area contributed by atoms with Gasteiger partial charge in [0.05, 0.1) is 5.69 Å². The molecule has 1 aromatic rings. The van der Waals surface area contributed by atoms with Crippen molar-refractivity contribution in [2.75, 3.05) is 26.2 Å². The first kappa shape index (κ1) is 14.2. The smallest absolute Gasteiger partial charge is 0.0628 e. The molecular weight excluding hydrogens is 212 g/mol. The summed E-state index contributed by atoms with van der Waals surface area (Å²) in [6, 6.07) is 0. The topological polar surface area (TPSA) is 47.1 Å². The Morgan fingerprint density at radius 3 is 2.41 bits per heavy atom. The highest BCUT2D eigenvalue weighted by molar-refractivity contribution is 5.24. The van der Waals surface area contributed by atoms with Crippen LogP contribution in [0.2, 0.25) is 0 Å². The molecule has 98 valence electrons. The maximum absolute atomic E-state index is 5.60. The van der Waals surface area contributed by atoms with Crippen molar-refractivity contribution in [3.05, 3.63) is 17.0 Å². The average Bonchev–Trinajstić information content (AvgIpc) is 2.60. The van der Waals surface area contributed by atoms with E-state index in [-0.39, 0.29) is 0 Å². The van der Waals surface area contributed by atoms with Crippen molar-refractivity contribution < 1.29 is 0 Å². The average molecular weight is 238 g/mol. The largest absolute Gasteiger partial charge is 0.329 e. The molecule has 4 heteroatoms. The lowest BCUT2D eigenvalue weighted by molar-refractivity contribution is 0.299. The van der Waals surface area contributed by atoms with E-state index in [4.69, 9.17) is 5.73 Å². The monoisotopic (exact) mass is 238 g/mol. The molecule has 1 rings (SSSR count). The fourth-order valence-electron chi connectivity index (χ4n) is 2.28. The van der Waals surface area contributed by atoms with Crippen LogP contribution in [0.5, 0.6) is 0 Å². The van der Waals surface area contributed by atoms with Gasteiger partial charge < -0.3 is 10.6 Å². The van der Waals surface area contributed by atoms with Crippen LogP contribution in [0.1, 0.15) is 30.8 Å². The van der Waals surface area contributed by atoms with Crippen molar-refractivity contribution in [1.82, 2.24) is 14.7 Å². The third kappa shape index (κ3) is 3.54. The van der Waals surface area contributed by atoms with Crippen LogP contribution in [0.15, 0.2) is 0 Å². The standard InChI is InChI=1S/C13H26N4/c1-5-16(10-8-14)9-7-13-11(3)15-17(6-2)12(13)4/h5-10,14H2,1-4H3. The van der Waals surface area contributed by atoms with Gasteiger partial charge in [-0.1, -0.05) is 6.92 Å². The number of likely N-dealkylation sites (N-methyl/N-ethyl adjacent to an activating group) is 1. The van der Waals surface area contributed by atoms with Crippen molar-refractivity contribution in [3.63, 3.8) is 0 Å². The Bertz CT molecular complexity index is 343. The molecule has 0 fully saturated rings. The lowest BCUT2D eigenvalue weighted by Crippen LogP contribution is -2.31. The van der Waals surface area contributed by atoms with E-state index in [9.17, 15) is 0 Å². The van der Waals surface area contributed by atoms with Crippen molar-refractivity contribution >= 4 is 0 Å². The number of hydrogen-bond acceptors (Lipinski definition) is 3. The summed E-state index contributed by atoms with van der Waals surface area (Å²) in [5.41, 5.74) is 9.49. The Hall–Kier alpha value is -0.870. The molecule has 0 amide bonds. The van der Waals surface area contributed by atoms with E-state index in [2.05, 4.69) is 42.4 Å². The second-order valence-corrected chi connectivity index (χ2v) is 4.44. The van der Waals surface area contributed by atoms with Crippen molar-refractivity contribution in [1.29, 1.82) is 0 Å². The van der Waals surface area contributed by atoms with Gasteiger partial charge in [-0.25, -0.2) is 0 Å². The van der Waals surface area contributed by atoms with Crippen LogP contribution in [-0.4, -0.2) is 40.9 Å². The quantitative estimate of drug-likeness (QED) is 0.780. The Labute approximate surface area is 105 Å². The summed E-state index contributed by atoms with van der Waals surface area (Å²) in [7, 11) is 0.